The van der Waals surface area contributed by atoms with Gasteiger partial charge in [0.2, 0.25) is 0 Å². The predicted molar refractivity (Wildman–Crippen MR) is 105 cm³/mol. The first kappa shape index (κ1) is 17.5. The molecule has 0 aliphatic heterocycles. The van der Waals surface area contributed by atoms with Crippen molar-refractivity contribution in [3.05, 3.63) is 82.3 Å². The minimum atomic E-state index is -0.271. The third-order valence-electron chi connectivity index (χ3n) is 3.54. The topological polar surface area (TPSA) is 38.3 Å². The summed E-state index contributed by atoms with van der Waals surface area (Å²) in [5.74, 6) is 0.387. The summed E-state index contributed by atoms with van der Waals surface area (Å²) in [7, 11) is 0. The molecule has 0 atom stereocenters. The van der Waals surface area contributed by atoms with E-state index in [4.69, 9.17) is 16.3 Å². The van der Waals surface area contributed by atoms with Crippen molar-refractivity contribution in [1.29, 1.82) is 0 Å². The fourth-order valence-electron chi connectivity index (χ4n) is 2.37. The zero-order valence-corrected chi connectivity index (χ0v) is 15.5. The number of carbonyl (C=O) groups excluding carboxylic acids is 1. The van der Waals surface area contributed by atoms with Crippen LogP contribution in [0, 0.1) is 0 Å². The van der Waals surface area contributed by atoms with E-state index < -0.39 is 0 Å². The normalized spacial score (nSPS) is 10.3. The number of carbonyl (C=O) groups is 1. The minimum Gasteiger partial charge on any atom is -0.483 e. The van der Waals surface area contributed by atoms with Crippen molar-refractivity contribution in [1.82, 2.24) is 0 Å². The Morgan fingerprint density at radius 2 is 1.72 bits per heavy atom. The highest BCUT2D eigenvalue weighted by molar-refractivity contribution is 9.10. The van der Waals surface area contributed by atoms with Gasteiger partial charge < -0.3 is 10.1 Å². The molecule has 126 valence electrons. The number of rotatable bonds is 5. The number of ether oxygens (including phenoxy) is 1. The first-order chi connectivity index (χ1) is 12.1. The highest BCUT2D eigenvalue weighted by Gasteiger charge is 2.10. The molecular weight excluding hydrogens is 402 g/mol. The summed E-state index contributed by atoms with van der Waals surface area (Å²) in [5.41, 5.74) is 2.53. The zero-order valence-electron chi connectivity index (χ0n) is 13.2. The first-order valence-electron chi connectivity index (χ1n) is 7.65. The van der Waals surface area contributed by atoms with Crippen LogP contribution in [0.15, 0.2) is 77.3 Å². The number of nitrogens with one attached hydrogen (secondary N) is 1. The summed E-state index contributed by atoms with van der Waals surface area (Å²) < 4.78 is 6.58. The van der Waals surface area contributed by atoms with E-state index in [-0.39, 0.29) is 12.5 Å². The van der Waals surface area contributed by atoms with E-state index in [9.17, 15) is 4.79 Å². The van der Waals surface area contributed by atoms with Gasteiger partial charge in [-0.05, 0) is 29.8 Å². The molecule has 0 aliphatic rings. The lowest BCUT2D eigenvalue weighted by Crippen LogP contribution is -2.20. The molecule has 25 heavy (non-hydrogen) atoms. The molecule has 1 amide bonds. The molecule has 0 aliphatic carbocycles. The average Bonchev–Trinajstić information content (AvgIpc) is 2.63. The molecule has 0 heterocycles. The monoisotopic (exact) mass is 415 g/mol. The van der Waals surface area contributed by atoms with Crippen LogP contribution in [0.5, 0.6) is 5.75 Å². The molecule has 0 aromatic heterocycles. The Hall–Kier alpha value is -2.30. The van der Waals surface area contributed by atoms with Crippen LogP contribution in [-0.2, 0) is 4.79 Å². The smallest absolute Gasteiger partial charge is 0.262 e. The molecule has 0 saturated carbocycles. The molecule has 3 rings (SSSR count). The van der Waals surface area contributed by atoms with Crippen LogP contribution in [-0.4, -0.2) is 12.5 Å². The summed E-state index contributed by atoms with van der Waals surface area (Å²) >= 11 is 9.44. The molecule has 0 unspecified atom stereocenters. The maximum atomic E-state index is 12.2. The van der Waals surface area contributed by atoms with Crippen LogP contribution in [0.1, 0.15) is 0 Å². The molecule has 0 spiro atoms. The molecule has 1 N–H and O–H groups in total. The molecule has 3 nitrogen and oxygen atoms in total. The SMILES string of the molecule is O=C(COc1ccccc1-c1ccccc1)Nc1ccc(Br)cc1Cl. The average molecular weight is 417 g/mol. The lowest BCUT2D eigenvalue weighted by Gasteiger charge is -2.12. The van der Waals surface area contributed by atoms with Crippen LogP contribution >= 0.6 is 27.5 Å². The Bertz CT molecular complexity index is 884. The van der Waals surface area contributed by atoms with Gasteiger partial charge in [0, 0.05) is 10.0 Å². The summed E-state index contributed by atoms with van der Waals surface area (Å²) in [5, 5.41) is 3.22. The third-order valence-corrected chi connectivity index (χ3v) is 4.34. The van der Waals surface area contributed by atoms with E-state index >= 15 is 0 Å². The van der Waals surface area contributed by atoms with Gasteiger partial charge >= 0.3 is 0 Å². The van der Waals surface area contributed by atoms with Crippen LogP contribution in [0.4, 0.5) is 5.69 Å². The zero-order chi connectivity index (χ0) is 17.6. The summed E-state index contributed by atoms with van der Waals surface area (Å²) in [6.45, 7) is -0.101. The molecular formula is C20H15BrClNO2. The van der Waals surface area contributed by atoms with Crippen molar-refractivity contribution in [3.8, 4) is 16.9 Å². The van der Waals surface area contributed by atoms with Gasteiger partial charge in [-0.25, -0.2) is 0 Å². The molecule has 0 bridgehead atoms. The van der Waals surface area contributed by atoms with E-state index in [0.717, 1.165) is 15.6 Å². The lowest BCUT2D eigenvalue weighted by molar-refractivity contribution is -0.118. The fourth-order valence-corrected chi connectivity index (χ4v) is 3.09. The first-order valence-corrected chi connectivity index (χ1v) is 8.83. The Labute approximate surface area is 159 Å². The molecule has 0 radical (unpaired) electrons. The number of amides is 1. The summed E-state index contributed by atoms with van der Waals surface area (Å²) in [6, 6.07) is 22.8. The van der Waals surface area contributed by atoms with Crippen molar-refractivity contribution < 1.29 is 9.53 Å². The number of halogens is 2. The van der Waals surface area contributed by atoms with Crippen molar-refractivity contribution in [2.45, 2.75) is 0 Å². The number of para-hydroxylation sites is 1. The van der Waals surface area contributed by atoms with E-state index in [1.165, 1.54) is 0 Å². The summed E-state index contributed by atoms with van der Waals surface area (Å²) in [6.07, 6.45) is 0. The predicted octanol–water partition coefficient (Wildman–Crippen LogP) is 5.79. The number of hydrogen-bond donors (Lipinski definition) is 1. The van der Waals surface area contributed by atoms with E-state index in [1.54, 1.807) is 12.1 Å². The van der Waals surface area contributed by atoms with Crippen molar-refractivity contribution >= 4 is 39.1 Å². The van der Waals surface area contributed by atoms with Crippen molar-refractivity contribution in [2.24, 2.45) is 0 Å². The lowest BCUT2D eigenvalue weighted by atomic mass is 10.1. The van der Waals surface area contributed by atoms with E-state index in [1.807, 2.05) is 60.7 Å². The van der Waals surface area contributed by atoms with E-state index in [2.05, 4.69) is 21.2 Å². The van der Waals surface area contributed by atoms with Gasteiger partial charge in [0.1, 0.15) is 5.75 Å². The maximum absolute atomic E-state index is 12.2. The molecule has 5 heteroatoms. The second kappa shape index (κ2) is 8.19. The third kappa shape index (κ3) is 4.62. The maximum Gasteiger partial charge on any atom is 0.262 e. The molecule has 3 aromatic rings. The fraction of sp³-hybridized carbons (Fsp3) is 0.0500. The van der Waals surface area contributed by atoms with Gasteiger partial charge in [-0.1, -0.05) is 76.1 Å². The largest absolute Gasteiger partial charge is 0.483 e. The number of anilines is 1. The second-order valence-electron chi connectivity index (χ2n) is 5.32. The quantitative estimate of drug-likeness (QED) is 0.572. The van der Waals surface area contributed by atoms with Gasteiger partial charge in [0.05, 0.1) is 10.7 Å². The molecule has 3 aromatic carbocycles. The van der Waals surface area contributed by atoms with Gasteiger partial charge in [0.15, 0.2) is 6.61 Å². The Kier molecular flexibility index (Phi) is 5.74. The van der Waals surface area contributed by atoms with Crippen molar-refractivity contribution in [3.63, 3.8) is 0 Å². The summed E-state index contributed by atoms with van der Waals surface area (Å²) in [4.78, 5) is 12.2. The number of benzene rings is 3. The van der Waals surface area contributed by atoms with Gasteiger partial charge in [0.25, 0.3) is 5.91 Å². The highest BCUT2D eigenvalue weighted by Crippen LogP contribution is 2.30. The van der Waals surface area contributed by atoms with Crippen LogP contribution < -0.4 is 10.1 Å². The Balaban J connectivity index is 1.69. The van der Waals surface area contributed by atoms with Crippen molar-refractivity contribution in [2.75, 3.05) is 11.9 Å². The van der Waals surface area contributed by atoms with Gasteiger partial charge in [-0.2, -0.15) is 0 Å². The number of hydrogen-bond acceptors (Lipinski definition) is 2. The van der Waals surface area contributed by atoms with Gasteiger partial charge in [-0.15, -0.1) is 0 Å². The second-order valence-corrected chi connectivity index (χ2v) is 6.65. The standard InChI is InChI=1S/C20H15BrClNO2/c21-15-10-11-18(17(22)12-15)23-20(24)13-25-19-9-5-4-8-16(19)14-6-2-1-3-7-14/h1-12H,13H2,(H,23,24). The Morgan fingerprint density at radius 1 is 1.00 bits per heavy atom. The van der Waals surface area contributed by atoms with Gasteiger partial charge in [-0.3, -0.25) is 4.79 Å². The van der Waals surface area contributed by atoms with Crippen LogP contribution in [0.3, 0.4) is 0 Å². The molecule has 0 fully saturated rings. The Morgan fingerprint density at radius 3 is 2.48 bits per heavy atom. The van der Waals surface area contributed by atoms with Crippen LogP contribution in [0.25, 0.3) is 11.1 Å². The highest BCUT2D eigenvalue weighted by atomic mass is 79.9. The van der Waals surface area contributed by atoms with E-state index in [0.29, 0.717) is 16.5 Å². The van der Waals surface area contributed by atoms with Crippen LogP contribution in [0.2, 0.25) is 5.02 Å². The molecule has 0 saturated heterocycles. The minimum absolute atomic E-state index is 0.101.